The number of methoxy groups -OCH3 is 2. The number of benzene rings is 4. The summed E-state index contributed by atoms with van der Waals surface area (Å²) in [5, 5.41) is 46.3. The smallest absolute Gasteiger partial charge is 0.137 e. The number of phenolic OH excluding ortho intramolecular Hbond substituents is 4. The fourth-order valence-corrected chi connectivity index (χ4v) is 4.87. The van der Waals surface area contributed by atoms with Crippen molar-refractivity contribution in [3.05, 3.63) is 105 Å². The molecule has 0 bridgehead atoms. The highest BCUT2D eigenvalue weighted by atomic mass is 35.5. The first-order valence-corrected chi connectivity index (χ1v) is 12.4. The molecule has 0 heterocycles. The summed E-state index contributed by atoms with van der Waals surface area (Å²) in [6, 6.07) is 19.2. The summed E-state index contributed by atoms with van der Waals surface area (Å²) < 4.78 is 10.6. The van der Waals surface area contributed by atoms with E-state index in [1.807, 2.05) is 0 Å². The summed E-state index contributed by atoms with van der Waals surface area (Å²) in [6.45, 7) is 0. The molecule has 0 fully saturated rings. The molecule has 0 aromatic heterocycles. The molecule has 10 heteroatoms. The fourth-order valence-electron chi connectivity index (χ4n) is 4.52. The van der Waals surface area contributed by atoms with Crippen LogP contribution in [0.5, 0.6) is 34.5 Å². The van der Waals surface area contributed by atoms with E-state index in [0.717, 1.165) is 12.1 Å². The second-order valence-corrected chi connectivity index (χ2v) is 9.51. The molecule has 0 aliphatic carbocycles. The van der Waals surface area contributed by atoms with Crippen LogP contribution in [0.25, 0.3) is 0 Å². The van der Waals surface area contributed by atoms with Crippen molar-refractivity contribution in [2.24, 2.45) is 10.9 Å². The van der Waals surface area contributed by atoms with Gasteiger partial charge in [-0.3, -0.25) is 0 Å². The lowest BCUT2D eigenvalue weighted by Crippen LogP contribution is -2.25. The molecule has 39 heavy (non-hydrogen) atoms. The first-order valence-electron chi connectivity index (χ1n) is 11.7. The zero-order valence-corrected chi connectivity index (χ0v) is 22.5. The molecule has 8 nitrogen and oxygen atoms in total. The second kappa shape index (κ2) is 11.6. The van der Waals surface area contributed by atoms with Crippen molar-refractivity contribution in [2.45, 2.75) is 11.8 Å². The van der Waals surface area contributed by atoms with Crippen LogP contribution in [0, 0.1) is 0 Å². The lowest BCUT2D eigenvalue weighted by atomic mass is 9.76. The fraction of sp³-hybridized carbons (Fsp3) is 0.138. The maximum absolute atomic E-state index is 11.0. The van der Waals surface area contributed by atoms with E-state index < -0.39 is 11.8 Å². The van der Waals surface area contributed by atoms with Crippen molar-refractivity contribution < 1.29 is 29.9 Å². The van der Waals surface area contributed by atoms with Gasteiger partial charge in [0.15, 0.2) is 0 Å². The minimum atomic E-state index is -0.821. The molecule has 0 amide bonds. The number of hydrazone groups is 1. The Labute approximate surface area is 235 Å². The largest absolute Gasteiger partial charge is 0.507 e. The minimum Gasteiger partial charge on any atom is -0.507 e. The quantitative estimate of drug-likeness (QED) is 0.0981. The number of nitrogens with two attached hydrogens (primary N) is 1. The summed E-state index contributed by atoms with van der Waals surface area (Å²) in [7, 11) is 3.09. The van der Waals surface area contributed by atoms with Gasteiger partial charge in [0.2, 0.25) is 0 Å². The Morgan fingerprint density at radius 1 is 0.641 bits per heavy atom. The summed E-state index contributed by atoms with van der Waals surface area (Å²) >= 11 is 12.5. The van der Waals surface area contributed by atoms with Crippen LogP contribution < -0.4 is 15.3 Å². The van der Waals surface area contributed by atoms with Crippen molar-refractivity contribution in [3.63, 3.8) is 0 Å². The van der Waals surface area contributed by atoms with Crippen LogP contribution in [-0.4, -0.2) is 40.4 Å². The second-order valence-electron chi connectivity index (χ2n) is 8.69. The maximum atomic E-state index is 11.0. The van der Waals surface area contributed by atoms with Crippen LogP contribution in [0.2, 0.25) is 10.0 Å². The van der Waals surface area contributed by atoms with Gasteiger partial charge in [-0.15, -0.1) is 0 Å². The minimum absolute atomic E-state index is 0.00852. The van der Waals surface area contributed by atoms with Crippen LogP contribution in [-0.2, 0) is 0 Å². The van der Waals surface area contributed by atoms with Gasteiger partial charge >= 0.3 is 0 Å². The van der Waals surface area contributed by atoms with Gasteiger partial charge in [-0.1, -0.05) is 47.5 Å². The number of phenols is 4. The zero-order chi connectivity index (χ0) is 28.3. The van der Waals surface area contributed by atoms with Gasteiger partial charge in [0.1, 0.15) is 34.5 Å². The topological polar surface area (TPSA) is 138 Å². The van der Waals surface area contributed by atoms with E-state index in [4.69, 9.17) is 38.5 Å². The van der Waals surface area contributed by atoms with Crippen molar-refractivity contribution in [2.75, 3.05) is 14.2 Å². The summed E-state index contributed by atoms with van der Waals surface area (Å²) in [5.74, 6) is 4.55. The van der Waals surface area contributed by atoms with Gasteiger partial charge < -0.3 is 35.7 Å². The molecule has 0 radical (unpaired) electrons. The average Bonchev–Trinajstić information content (AvgIpc) is 2.94. The molecule has 2 unspecified atom stereocenters. The summed E-state index contributed by atoms with van der Waals surface area (Å²) in [4.78, 5) is 0. The van der Waals surface area contributed by atoms with E-state index in [1.165, 1.54) is 12.1 Å². The number of aromatic hydroxyl groups is 4. The van der Waals surface area contributed by atoms with E-state index >= 15 is 0 Å². The Hall–Kier alpha value is -4.27. The Kier molecular flexibility index (Phi) is 8.28. The molecule has 0 spiro atoms. The molecule has 202 valence electrons. The number of hydrogen-bond donors (Lipinski definition) is 5. The van der Waals surface area contributed by atoms with Crippen LogP contribution in [0.4, 0.5) is 0 Å². The monoisotopic (exact) mass is 568 g/mol. The third-order valence-corrected chi connectivity index (χ3v) is 7.06. The Morgan fingerprint density at radius 2 is 1.00 bits per heavy atom. The molecule has 6 N–H and O–H groups in total. The van der Waals surface area contributed by atoms with Crippen molar-refractivity contribution >= 4 is 28.9 Å². The molecular formula is C29H26Cl2N2O6. The van der Waals surface area contributed by atoms with Gasteiger partial charge in [0, 0.05) is 23.3 Å². The molecule has 0 saturated heterocycles. The van der Waals surface area contributed by atoms with Gasteiger partial charge in [0.25, 0.3) is 0 Å². The standard InChI is InChI=1S/C29H26Cl2N2O6/c1-38-17-7-3-15(4-8-17)27(19-11-21(30)25(36)13-23(19)34)29(33-32)28(16-5-9-18(39-2)10-6-16)20-12-22(31)26(37)14-24(20)35/h3-14,27-28,34-37H,32H2,1-2H3. The lowest BCUT2D eigenvalue weighted by molar-refractivity contribution is 0.414. The van der Waals surface area contributed by atoms with Gasteiger partial charge in [0.05, 0.1) is 41.8 Å². The molecular weight excluding hydrogens is 543 g/mol. The SMILES string of the molecule is COc1ccc(C(C(=NN)C(c2ccc(OC)cc2)c2cc(Cl)c(O)cc2O)c2cc(Cl)c(O)cc2O)cc1. The zero-order valence-electron chi connectivity index (χ0n) is 21.0. The first kappa shape index (κ1) is 27.8. The van der Waals surface area contributed by atoms with E-state index in [2.05, 4.69) is 5.10 Å². The van der Waals surface area contributed by atoms with Crippen LogP contribution >= 0.6 is 23.2 Å². The number of ether oxygens (including phenoxy) is 2. The van der Waals surface area contributed by atoms with Crippen LogP contribution in [0.15, 0.2) is 77.9 Å². The van der Waals surface area contributed by atoms with Crippen molar-refractivity contribution in [1.82, 2.24) is 0 Å². The Morgan fingerprint density at radius 3 is 1.31 bits per heavy atom. The van der Waals surface area contributed by atoms with E-state index in [-0.39, 0.29) is 33.0 Å². The Bertz CT molecular complexity index is 1400. The highest BCUT2D eigenvalue weighted by molar-refractivity contribution is 6.32. The lowest BCUT2D eigenvalue weighted by Gasteiger charge is -2.29. The maximum Gasteiger partial charge on any atom is 0.137 e. The van der Waals surface area contributed by atoms with E-state index in [9.17, 15) is 20.4 Å². The predicted molar refractivity (Wildman–Crippen MR) is 151 cm³/mol. The number of halogens is 2. The van der Waals surface area contributed by atoms with Gasteiger partial charge in [-0.2, -0.15) is 5.10 Å². The molecule has 0 aliphatic heterocycles. The number of nitrogens with zero attached hydrogens (tertiary/aromatic N) is 1. The third-order valence-electron chi connectivity index (χ3n) is 6.45. The average molecular weight is 569 g/mol. The van der Waals surface area contributed by atoms with Gasteiger partial charge in [-0.25, -0.2) is 0 Å². The van der Waals surface area contributed by atoms with Crippen LogP contribution in [0.1, 0.15) is 34.1 Å². The van der Waals surface area contributed by atoms with Gasteiger partial charge in [-0.05, 0) is 47.5 Å². The predicted octanol–water partition coefficient (Wildman–Crippen LogP) is 6.11. The number of rotatable bonds is 8. The number of hydrogen-bond acceptors (Lipinski definition) is 8. The van der Waals surface area contributed by atoms with Crippen molar-refractivity contribution in [1.29, 1.82) is 0 Å². The molecule has 2 atom stereocenters. The Balaban J connectivity index is 2.03. The first-order chi connectivity index (χ1) is 18.7. The normalized spacial score (nSPS) is 12.4. The molecule has 0 aliphatic rings. The van der Waals surface area contributed by atoms with E-state index in [1.54, 1.807) is 62.8 Å². The summed E-state index contributed by atoms with van der Waals surface area (Å²) in [6.07, 6.45) is 0. The van der Waals surface area contributed by atoms with Crippen LogP contribution in [0.3, 0.4) is 0 Å². The molecule has 0 saturated carbocycles. The molecule has 4 rings (SSSR count). The molecule has 4 aromatic rings. The highest BCUT2D eigenvalue weighted by Gasteiger charge is 2.34. The molecule has 4 aromatic carbocycles. The highest BCUT2D eigenvalue weighted by Crippen LogP contribution is 2.45. The third kappa shape index (κ3) is 5.62. The summed E-state index contributed by atoms with van der Waals surface area (Å²) in [5.41, 5.74) is 2.20. The van der Waals surface area contributed by atoms with Crippen molar-refractivity contribution in [3.8, 4) is 34.5 Å². The van der Waals surface area contributed by atoms with E-state index in [0.29, 0.717) is 39.5 Å².